The molecule has 3 heterocycles. The predicted molar refractivity (Wildman–Crippen MR) is 112 cm³/mol. The van der Waals surface area contributed by atoms with Crippen molar-refractivity contribution in [3.63, 3.8) is 0 Å². The van der Waals surface area contributed by atoms with Gasteiger partial charge in [-0.15, -0.1) is 9.13 Å². The van der Waals surface area contributed by atoms with E-state index in [-0.39, 0.29) is 6.17 Å². The van der Waals surface area contributed by atoms with E-state index in [1.165, 1.54) is 39.2 Å². The molecule has 0 N–H and O–H groups in total. The maximum Gasteiger partial charge on any atom is 0.357 e. The fraction of sp³-hybridized carbons (Fsp3) is 0.154. The van der Waals surface area contributed by atoms with Crippen molar-refractivity contribution in [1.82, 2.24) is 0 Å². The van der Waals surface area contributed by atoms with E-state index >= 15 is 0 Å². The Morgan fingerprint density at radius 3 is 2.04 bits per heavy atom. The molecule has 2 nitrogen and oxygen atoms in total. The van der Waals surface area contributed by atoms with Gasteiger partial charge in [0.2, 0.25) is 11.4 Å². The van der Waals surface area contributed by atoms with E-state index in [0.717, 1.165) is 6.42 Å². The lowest BCUT2D eigenvalue weighted by molar-refractivity contribution is -0.936. The predicted octanol–water partition coefficient (Wildman–Crippen LogP) is 4.82. The second-order valence-corrected chi connectivity index (χ2v) is 7.65. The first-order chi connectivity index (χ1) is 13.7. The monoisotopic (exact) mass is 364 g/mol. The Labute approximate surface area is 166 Å². The lowest BCUT2D eigenvalue weighted by Gasteiger charge is -2.20. The quantitative estimate of drug-likeness (QED) is 0.451. The first-order valence-corrected chi connectivity index (χ1v) is 9.88. The van der Waals surface area contributed by atoms with Crippen LogP contribution in [0.5, 0.6) is 0 Å². The summed E-state index contributed by atoms with van der Waals surface area (Å²) in [6.07, 6.45) is 5.62. The molecule has 2 aromatic carbocycles. The molecule has 0 saturated heterocycles. The van der Waals surface area contributed by atoms with Gasteiger partial charge in [0.05, 0.1) is 5.56 Å². The van der Waals surface area contributed by atoms with Gasteiger partial charge in [0.1, 0.15) is 6.42 Å². The molecular weight excluding hydrogens is 340 g/mol. The van der Waals surface area contributed by atoms with Gasteiger partial charge in [-0.2, -0.15) is 0 Å². The highest BCUT2D eigenvalue weighted by atomic mass is 15.2. The zero-order chi connectivity index (χ0) is 19.1. The van der Waals surface area contributed by atoms with Crippen LogP contribution in [0, 0.1) is 13.8 Å². The molecule has 1 unspecified atom stereocenters. The number of rotatable bonds is 2. The summed E-state index contributed by atoms with van der Waals surface area (Å²) in [7, 11) is 0. The van der Waals surface area contributed by atoms with Gasteiger partial charge in [-0.25, -0.2) is 0 Å². The van der Waals surface area contributed by atoms with E-state index in [1.807, 2.05) is 0 Å². The van der Waals surface area contributed by atoms with Crippen molar-refractivity contribution < 1.29 is 9.13 Å². The summed E-state index contributed by atoms with van der Waals surface area (Å²) in [5.74, 6) is 0. The summed E-state index contributed by atoms with van der Waals surface area (Å²) in [6, 6.07) is 28.5. The van der Waals surface area contributed by atoms with Gasteiger partial charge in [-0.3, -0.25) is 0 Å². The molecule has 136 valence electrons. The first-order valence-electron chi connectivity index (χ1n) is 9.88. The average Bonchev–Trinajstić information content (AvgIpc) is 2.74. The number of pyridine rings is 2. The smallest absolute Gasteiger partial charge is 0.136 e. The van der Waals surface area contributed by atoms with Crippen LogP contribution in [0.2, 0.25) is 0 Å². The van der Waals surface area contributed by atoms with Crippen molar-refractivity contribution >= 4 is 0 Å². The van der Waals surface area contributed by atoms with Gasteiger partial charge in [0.25, 0.3) is 0 Å². The van der Waals surface area contributed by atoms with E-state index in [0.29, 0.717) is 0 Å². The fourth-order valence-electron chi connectivity index (χ4n) is 4.38. The van der Waals surface area contributed by atoms with Crippen LogP contribution in [0.3, 0.4) is 0 Å². The third-order valence-electron chi connectivity index (χ3n) is 5.79. The van der Waals surface area contributed by atoms with Crippen LogP contribution >= 0.6 is 0 Å². The number of aromatic nitrogens is 2. The Balaban J connectivity index is 1.72. The van der Waals surface area contributed by atoms with E-state index in [1.54, 1.807) is 0 Å². The zero-order valence-corrected chi connectivity index (χ0v) is 16.3. The van der Waals surface area contributed by atoms with Crippen LogP contribution in [0.15, 0.2) is 91.3 Å². The Morgan fingerprint density at radius 2 is 1.32 bits per heavy atom. The second-order valence-electron chi connectivity index (χ2n) is 7.65. The standard InChI is InChI=1S/C26H24N2/c1-19-13-14-21-18-26(28-16-8-6-12-25(28)23(21)17-19)27-15-7-5-11-24(27)22-10-4-3-9-20(22)2/h3-17,26H,18H2,1-2H3/q+2. The first kappa shape index (κ1) is 16.9. The van der Waals surface area contributed by atoms with Crippen molar-refractivity contribution in [1.29, 1.82) is 0 Å². The van der Waals surface area contributed by atoms with Crippen molar-refractivity contribution in [2.24, 2.45) is 0 Å². The Hall–Kier alpha value is -3.26. The van der Waals surface area contributed by atoms with E-state index in [4.69, 9.17) is 0 Å². The van der Waals surface area contributed by atoms with Gasteiger partial charge in [0, 0.05) is 29.8 Å². The third kappa shape index (κ3) is 2.73. The number of benzene rings is 2. The van der Waals surface area contributed by atoms with Crippen molar-refractivity contribution in [2.75, 3.05) is 0 Å². The maximum atomic E-state index is 2.43. The molecule has 0 bridgehead atoms. The van der Waals surface area contributed by atoms with Gasteiger partial charge >= 0.3 is 6.17 Å². The molecule has 0 saturated carbocycles. The van der Waals surface area contributed by atoms with Crippen LogP contribution in [0.4, 0.5) is 0 Å². The van der Waals surface area contributed by atoms with E-state index in [2.05, 4.69) is 114 Å². The van der Waals surface area contributed by atoms with Crippen molar-refractivity contribution in [3.05, 3.63) is 108 Å². The van der Waals surface area contributed by atoms with Gasteiger partial charge < -0.3 is 0 Å². The molecule has 1 atom stereocenters. The second kappa shape index (κ2) is 6.72. The van der Waals surface area contributed by atoms with Crippen LogP contribution in [0.25, 0.3) is 22.5 Å². The Morgan fingerprint density at radius 1 is 0.679 bits per heavy atom. The number of hydrogen-bond acceptors (Lipinski definition) is 0. The largest absolute Gasteiger partial charge is 0.357 e. The molecule has 0 fully saturated rings. The highest BCUT2D eigenvalue weighted by molar-refractivity contribution is 5.63. The Bertz CT molecular complexity index is 1180. The molecule has 0 radical (unpaired) electrons. The molecule has 5 rings (SSSR count). The molecule has 0 amide bonds. The average molecular weight is 364 g/mol. The summed E-state index contributed by atoms with van der Waals surface area (Å²) < 4.78 is 4.85. The minimum atomic E-state index is 0.210. The highest BCUT2D eigenvalue weighted by Crippen LogP contribution is 2.30. The summed E-state index contributed by atoms with van der Waals surface area (Å²) in [6.45, 7) is 4.36. The van der Waals surface area contributed by atoms with E-state index in [9.17, 15) is 0 Å². The third-order valence-corrected chi connectivity index (χ3v) is 5.79. The lowest BCUT2D eigenvalue weighted by Crippen LogP contribution is -2.61. The zero-order valence-electron chi connectivity index (χ0n) is 16.3. The molecule has 1 aliphatic rings. The lowest BCUT2D eigenvalue weighted by atomic mass is 9.93. The number of aryl methyl sites for hydroxylation is 2. The fourth-order valence-corrected chi connectivity index (χ4v) is 4.38. The Kier molecular flexibility index (Phi) is 4.05. The summed E-state index contributed by atoms with van der Waals surface area (Å²) in [4.78, 5) is 0. The normalized spacial score (nSPS) is 15.0. The highest BCUT2D eigenvalue weighted by Gasteiger charge is 2.39. The number of fused-ring (bicyclic) bond motifs is 3. The van der Waals surface area contributed by atoms with Crippen molar-refractivity contribution in [2.45, 2.75) is 26.4 Å². The molecule has 4 aromatic rings. The van der Waals surface area contributed by atoms with Crippen LogP contribution < -0.4 is 9.13 Å². The van der Waals surface area contributed by atoms with E-state index < -0.39 is 0 Å². The van der Waals surface area contributed by atoms with Gasteiger partial charge in [-0.05, 0) is 49.2 Å². The van der Waals surface area contributed by atoms with Crippen LogP contribution in [0.1, 0.15) is 22.9 Å². The topological polar surface area (TPSA) is 7.76 Å². The molecule has 2 heteroatoms. The maximum absolute atomic E-state index is 2.43. The number of nitrogens with zero attached hydrogens (tertiary/aromatic N) is 2. The molecule has 0 spiro atoms. The number of hydrogen-bond donors (Lipinski definition) is 0. The minimum Gasteiger partial charge on any atom is -0.136 e. The SMILES string of the molecule is Cc1ccc2c(c1)-c1cccc[n+]1C([n+]1ccccc1-c1ccccc1C)C2. The minimum absolute atomic E-state index is 0.210. The summed E-state index contributed by atoms with van der Waals surface area (Å²) in [5.41, 5.74) is 9.19. The molecule has 2 aromatic heterocycles. The molecule has 0 aliphatic carbocycles. The van der Waals surface area contributed by atoms with Crippen LogP contribution in [-0.4, -0.2) is 0 Å². The van der Waals surface area contributed by atoms with Crippen molar-refractivity contribution in [3.8, 4) is 22.5 Å². The summed E-state index contributed by atoms with van der Waals surface area (Å²) in [5, 5.41) is 0. The molecular formula is C26H24N2+2. The molecule has 28 heavy (non-hydrogen) atoms. The molecule has 1 aliphatic heterocycles. The summed E-state index contributed by atoms with van der Waals surface area (Å²) >= 11 is 0. The van der Waals surface area contributed by atoms with Gasteiger partial charge in [-0.1, -0.05) is 35.9 Å². The van der Waals surface area contributed by atoms with Gasteiger partial charge in [0.15, 0.2) is 12.4 Å². The van der Waals surface area contributed by atoms with Crippen LogP contribution in [-0.2, 0) is 6.42 Å².